The van der Waals surface area contributed by atoms with Crippen molar-refractivity contribution in [3.63, 3.8) is 0 Å². The van der Waals surface area contributed by atoms with Crippen molar-refractivity contribution in [1.82, 2.24) is 18.8 Å². The van der Waals surface area contributed by atoms with E-state index in [1.54, 1.807) is 37.2 Å². The van der Waals surface area contributed by atoms with Gasteiger partial charge in [0.2, 0.25) is 0 Å². The Morgan fingerprint density at radius 1 is 0.865 bits per heavy atom. The zero-order valence-corrected chi connectivity index (χ0v) is 41.9. The molecule has 5 rings (SSSR count). The zero-order valence-electron chi connectivity index (χ0n) is 30.3. The number of hydrogen-bond acceptors (Lipinski definition) is 8. The molecule has 3 N–H and O–H groups in total. The summed E-state index contributed by atoms with van der Waals surface area (Å²) in [6.45, 7) is 2.86. The molecule has 0 fully saturated rings. The number of benzene rings is 1. The number of methoxy groups -OCH3 is 4. The number of carbonyl (C=O) groups is 3. The number of hydrogen-bond donors (Lipinski definition) is 2. The standard InChI is InChI=1S/C9H13NO2.C8H9Br2NO2.C7H8BrN2OP.C6H6BrNO2.C2H4Br2.Na.H/c1-11-8-4-3-7(6-10)9(5-8)12-2;1-13-8(12)7-4-6(10)5-11(7)3-2-9;8-5-3-6-7(11)10(12)2-1-9(6)4-5;1-10-6(9)5-2-4(7)3-8-5;3-1-2-4;;/h3-5H,6,10H2,1-2H3;4-5H,2-3H2,1H3;3-4H,1-2,12H2;2-3,8H,1H3;1-2H2;;/q;;;;;+1;-1. The number of alkyl halides is 3. The Labute approximate surface area is 380 Å². The fraction of sp³-hybridized carbons (Fsp3) is 0.344. The van der Waals surface area contributed by atoms with E-state index in [4.69, 9.17) is 15.2 Å². The number of aromatic amines is 1. The minimum absolute atomic E-state index is 0. The maximum atomic E-state index is 11.5. The predicted octanol–water partition coefficient (Wildman–Crippen LogP) is 5.55. The number of ether oxygens (including phenoxy) is 4. The van der Waals surface area contributed by atoms with Crippen LogP contribution < -0.4 is 44.8 Å². The number of rotatable bonds is 8. The van der Waals surface area contributed by atoms with E-state index >= 15 is 0 Å². The van der Waals surface area contributed by atoms with Gasteiger partial charge in [0.25, 0.3) is 5.91 Å². The Balaban J connectivity index is 0. The summed E-state index contributed by atoms with van der Waals surface area (Å²) in [5.41, 5.74) is 8.25. The van der Waals surface area contributed by atoms with E-state index < -0.39 is 0 Å². The molecule has 0 saturated heterocycles. The van der Waals surface area contributed by atoms with E-state index in [9.17, 15) is 14.4 Å². The first-order valence-electron chi connectivity index (χ1n) is 14.7. The molecule has 1 amide bonds. The molecule has 0 radical (unpaired) electrons. The number of halogens is 6. The van der Waals surface area contributed by atoms with Crippen LogP contribution in [0, 0.1) is 0 Å². The Morgan fingerprint density at radius 3 is 2.00 bits per heavy atom. The quantitative estimate of drug-likeness (QED) is 0.101. The van der Waals surface area contributed by atoms with Crippen LogP contribution in [0.5, 0.6) is 11.5 Å². The molecule has 0 spiro atoms. The van der Waals surface area contributed by atoms with Gasteiger partial charge in [0.15, 0.2) is 0 Å². The van der Waals surface area contributed by atoms with Crippen LogP contribution >= 0.6 is 105 Å². The van der Waals surface area contributed by atoms with E-state index in [0.717, 1.165) is 71.8 Å². The summed E-state index contributed by atoms with van der Waals surface area (Å²) in [7, 11) is 8.39. The zero-order chi connectivity index (χ0) is 38.5. The monoisotopic (exact) mass is 1130 g/mol. The minimum Gasteiger partial charge on any atom is -1.00 e. The van der Waals surface area contributed by atoms with Crippen molar-refractivity contribution >= 4 is 123 Å². The van der Waals surface area contributed by atoms with Gasteiger partial charge in [-0.2, -0.15) is 0 Å². The normalized spacial score (nSPS) is 10.9. The first-order valence-corrected chi connectivity index (χ1v) is 21.0. The number of esters is 2. The van der Waals surface area contributed by atoms with Gasteiger partial charge in [0, 0.05) is 85.8 Å². The summed E-state index contributed by atoms with van der Waals surface area (Å²) in [6, 6.07) is 10.8. The molecule has 1 aliphatic rings. The van der Waals surface area contributed by atoms with E-state index in [1.807, 2.05) is 45.8 Å². The van der Waals surface area contributed by atoms with E-state index in [1.165, 1.54) is 14.2 Å². The van der Waals surface area contributed by atoms with Gasteiger partial charge in [-0.1, -0.05) is 53.9 Å². The number of aryl methyl sites for hydroxylation is 1. The summed E-state index contributed by atoms with van der Waals surface area (Å²) in [4.78, 5) is 36.2. The van der Waals surface area contributed by atoms with Gasteiger partial charge in [-0.3, -0.25) is 4.79 Å². The molecule has 52 heavy (non-hydrogen) atoms. The molecule has 1 aliphatic heterocycles. The van der Waals surface area contributed by atoms with Gasteiger partial charge in [-0.15, -0.1) is 0 Å². The van der Waals surface area contributed by atoms with Gasteiger partial charge in [-0.05, 0) is 81.4 Å². The summed E-state index contributed by atoms with van der Waals surface area (Å²) >= 11 is 19.6. The molecule has 3 aromatic heterocycles. The molecule has 1 atom stereocenters. The first kappa shape index (κ1) is 51.3. The molecular formula is C32H41Br6N5NaO7P. The summed E-state index contributed by atoms with van der Waals surface area (Å²) in [5.74, 6) is 0.954. The topological polar surface area (TPSA) is 143 Å². The van der Waals surface area contributed by atoms with Crippen molar-refractivity contribution in [1.29, 1.82) is 0 Å². The largest absolute Gasteiger partial charge is 1.00 e. The van der Waals surface area contributed by atoms with Crippen molar-refractivity contribution < 1.29 is 64.3 Å². The average molecular weight is 1140 g/mol. The van der Waals surface area contributed by atoms with Crippen molar-refractivity contribution in [2.75, 3.05) is 51.0 Å². The number of fused-ring (bicyclic) bond motifs is 1. The Hall–Kier alpha value is -0.660. The Kier molecular flexibility index (Phi) is 28.3. The van der Waals surface area contributed by atoms with E-state index in [2.05, 4.69) is 119 Å². The minimum atomic E-state index is -0.356. The molecule has 1 aromatic carbocycles. The summed E-state index contributed by atoms with van der Waals surface area (Å²) in [6.07, 6.45) is 5.46. The third-order valence-electron chi connectivity index (χ3n) is 6.35. The number of carbonyl (C=O) groups excluding carboxylic acids is 3. The van der Waals surface area contributed by atoms with Crippen LogP contribution in [0.15, 0.2) is 68.4 Å². The molecule has 0 aliphatic carbocycles. The maximum absolute atomic E-state index is 11.5. The third-order valence-corrected chi connectivity index (χ3v) is 10.4. The van der Waals surface area contributed by atoms with Crippen molar-refractivity contribution in [3.8, 4) is 11.5 Å². The molecular weight excluding hydrogens is 1100 g/mol. The second-order valence-corrected chi connectivity index (χ2v) is 15.4. The fourth-order valence-electron chi connectivity index (χ4n) is 3.95. The van der Waals surface area contributed by atoms with Gasteiger partial charge in [-0.25, -0.2) is 9.59 Å². The van der Waals surface area contributed by atoms with Crippen molar-refractivity contribution in [2.24, 2.45) is 5.73 Å². The average Bonchev–Trinajstić information content (AvgIpc) is 3.87. The van der Waals surface area contributed by atoms with Crippen LogP contribution in [0.1, 0.15) is 38.5 Å². The number of nitrogens with zero attached hydrogens (tertiary/aromatic N) is 3. The van der Waals surface area contributed by atoms with Crippen molar-refractivity contribution in [3.05, 3.63) is 91.1 Å². The molecule has 20 heteroatoms. The molecule has 0 bridgehead atoms. The van der Waals surface area contributed by atoms with Crippen LogP contribution in [-0.2, 0) is 29.1 Å². The second-order valence-electron chi connectivity index (χ2n) is 9.64. The van der Waals surface area contributed by atoms with Crippen LogP contribution in [0.3, 0.4) is 0 Å². The van der Waals surface area contributed by atoms with Gasteiger partial charge < -0.3 is 44.9 Å². The number of amides is 1. The van der Waals surface area contributed by atoms with E-state index in [-0.39, 0.29) is 48.8 Å². The van der Waals surface area contributed by atoms with Gasteiger partial charge >= 0.3 is 41.5 Å². The van der Waals surface area contributed by atoms with Gasteiger partial charge in [0.1, 0.15) is 28.6 Å². The summed E-state index contributed by atoms with van der Waals surface area (Å²) in [5, 5.41) is 2.90. The molecule has 1 unspecified atom stereocenters. The van der Waals surface area contributed by atoms with Crippen LogP contribution in [0.25, 0.3) is 0 Å². The number of H-pyrrole nitrogens is 1. The number of nitrogens with one attached hydrogen (secondary N) is 1. The SMILES string of the molecule is BrCCBr.COC(=O)c1cc(Br)c[nH]1.COC(=O)c1cc(Br)cn1CCBr.COc1ccc(CN)c(OC)c1.O=C1c2cc(Br)cn2CCN1P.[H-].[Na+]. The Bertz CT molecular complexity index is 1680. The van der Waals surface area contributed by atoms with Gasteiger partial charge in [0.05, 0.1) is 28.4 Å². The third kappa shape index (κ3) is 17.9. The smallest absolute Gasteiger partial charge is 1.00 e. The van der Waals surface area contributed by atoms with Crippen LogP contribution in [0.4, 0.5) is 0 Å². The Morgan fingerprint density at radius 2 is 1.50 bits per heavy atom. The van der Waals surface area contributed by atoms with Crippen molar-refractivity contribution in [2.45, 2.75) is 19.6 Å². The fourth-order valence-corrected chi connectivity index (χ4v) is 5.85. The molecule has 0 saturated carbocycles. The summed E-state index contributed by atoms with van der Waals surface area (Å²) < 4.78 is 27.4. The van der Waals surface area contributed by atoms with E-state index in [0.29, 0.717) is 17.9 Å². The second kappa shape index (κ2) is 28.7. The molecule has 284 valence electrons. The number of nitrogens with two attached hydrogens (primary N) is 1. The number of aromatic nitrogens is 3. The molecule has 12 nitrogen and oxygen atoms in total. The predicted molar refractivity (Wildman–Crippen MR) is 226 cm³/mol. The van der Waals surface area contributed by atoms with Crippen LogP contribution in [0.2, 0.25) is 0 Å². The maximum Gasteiger partial charge on any atom is 1.00 e. The molecule has 4 aromatic rings. The first-order chi connectivity index (χ1) is 24.3. The van der Waals surface area contributed by atoms with Crippen LogP contribution in [-0.4, -0.2) is 87.6 Å². The molecule has 4 heterocycles.